The first-order chi connectivity index (χ1) is 9.19. The van der Waals surface area contributed by atoms with Crippen LogP contribution in [-0.4, -0.2) is 43.8 Å². The van der Waals surface area contributed by atoms with E-state index in [2.05, 4.69) is 48.5 Å². The van der Waals surface area contributed by atoms with Crippen LogP contribution in [0.4, 0.5) is 0 Å². The summed E-state index contributed by atoms with van der Waals surface area (Å²) < 4.78 is 5.41. The minimum Gasteiger partial charge on any atom is -0.383 e. The summed E-state index contributed by atoms with van der Waals surface area (Å²) >= 11 is 1.83. The molecule has 1 rings (SSSR count). The molecule has 0 spiro atoms. The maximum Gasteiger partial charge on any atom is 0.0630 e. The minimum absolute atomic E-state index is 0.429. The molecule has 110 valence electrons. The van der Waals surface area contributed by atoms with Gasteiger partial charge in [0.05, 0.1) is 6.61 Å². The number of ether oxygens (including phenoxy) is 1. The van der Waals surface area contributed by atoms with Crippen molar-refractivity contribution in [3.8, 4) is 0 Å². The summed E-state index contributed by atoms with van der Waals surface area (Å²) in [5, 5.41) is 5.66. The second-order valence-electron chi connectivity index (χ2n) is 5.16. The van der Waals surface area contributed by atoms with Gasteiger partial charge in [-0.25, -0.2) is 0 Å². The Hall–Kier alpha value is -0.420. The molecule has 0 fully saturated rings. The fourth-order valence-electron chi connectivity index (χ4n) is 2.23. The van der Waals surface area contributed by atoms with Crippen molar-refractivity contribution < 1.29 is 4.74 Å². The molecule has 1 unspecified atom stereocenters. The summed E-state index contributed by atoms with van der Waals surface area (Å²) in [6.07, 6.45) is 1.17. The molecular weight excluding hydrogens is 256 g/mol. The lowest BCUT2D eigenvalue weighted by Crippen LogP contribution is -2.48. The Morgan fingerprint density at radius 3 is 2.74 bits per heavy atom. The van der Waals surface area contributed by atoms with Gasteiger partial charge in [0.2, 0.25) is 0 Å². The van der Waals surface area contributed by atoms with Crippen LogP contribution in [0.3, 0.4) is 0 Å². The molecule has 1 aromatic heterocycles. The van der Waals surface area contributed by atoms with Gasteiger partial charge in [-0.3, -0.25) is 4.90 Å². The Morgan fingerprint density at radius 1 is 1.42 bits per heavy atom. The predicted octanol–water partition coefficient (Wildman–Crippen LogP) is 2.97. The van der Waals surface area contributed by atoms with Gasteiger partial charge in [0.25, 0.3) is 0 Å². The first-order valence-electron chi connectivity index (χ1n) is 7.16. The molecule has 0 aliphatic rings. The first-order valence-corrected chi connectivity index (χ1v) is 8.04. The molecule has 0 saturated heterocycles. The zero-order valence-corrected chi connectivity index (χ0v) is 13.5. The number of methoxy groups -OCH3 is 1. The van der Waals surface area contributed by atoms with E-state index in [9.17, 15) is 0 Å². The normalized spacial score (nSPS) is 13.4. The van der Waals surface area contributed by atoms with Crippen molar-refractivity contribution in [1.29, 1.82) is 0 Å². The largest absolute Gasteiger partial charge is 0.383 e. The van der Waals surface area contributed by atoms with Crippen LogP contribution in [0.2, 0.25) is 0 Å². The van der Waals surface area contributed by atoms with Crippen LogP contribution in [0, 0.1) is 0 Å². The van der Waals surface area contributed by atoms with Gasteiger partial charge in [-0.15, -0.1) is 11.3 Å². The maximum atomic E-state index is 5.41. The molecule has 1 heterocycles. The monoisotopic (exact) mass is 284 g/mol. The molecular formula is C15H28N2OS. The lowest BCUT2D eigenvalue weighted by atomic mass is 10.2. The number of hydrogen-bond acceptors (Lipinski definition) is 4. The third kappa shape index (κ3) is 6.04. The molecule has 1 atom stereocenters. The zero-order valence-electron chi connectivity index (χ0n) is 12.7. The predicted molar refractivity (Wildman–Crippen MR) is 83.8 cm³/mol. The summed E-state index contributed by atoms with van der Waals surface area (Å²) in [6.45, 7) is 10.6. The molecule has 0 aliphatic carbocycles. The van der Waals surface area contributed by atoms with E-state index < -0.39 is 0 Å². The van der Waals surface area contributed by atoms with Crippen LogP contribution in [0.1, 0.15) is 32.1 Å². The van der Waals surface area contributed by atoms with Gasteiger partial charge in [0.15, 0.2) is 0 Å². The topological polar surface area (TPSA) is 24.5 Å². The summed E-state index contributed by atoms with van der Waals surface area (Å²) in [5.74, 6) is 0. The van der Waals surface area contributed by atoms with E-state index in [-0.39, 0.29) is 0 Å². The van der Waals surface area contributed by atoms with Crippen LogP contribution < -0.4 is 5.32 Å². The van der Waals surface area contributed by atoms with E-state index >= 15 is 0 Å². The van der Waals surface area contributed by atoms with Crippen LogP contribution in [0.5, 0.6) is 0 Å². The number of thiophene rings is 1. The van der Waals surface area contributed by atoms with E-state index in [0.717, 1.165) is 26.2 Å². The molecule has 0 amide bonds. The molecule has 0 saturated carbocycles. The molecule has 1 aromatic rings. The SMILES string of the molecule is CCCNCC(COC)N(Cc1cccs1)C(C)C. The Balaban J connectivity index is 2.62. The molecule has 4 heteroatoms. The third-order valence-electron chi connectivity index (χ3n) is 3.22. The van der Waals surface area contributed by atoms with E-state index in [4.69, 9.17) is 4.74 Å². The third-order valence-corrected chi connectivity index (χ3v) is 4.08. The smallest absolute Gasteiger partial charge is 0.0630 e. The lowest BCUT2D eigenvalue weighted by molar-refractivity contribution is 0.0647. The van der Waals surface area contributed by atoms with E-state index in [1.165, 1.54) is 11.3 Å². The van der Waals surface area contributed by atoms with Gasteiger partial charge in [0, 0.05) is 37.2 Å². The van der Waals surface area contributed by atoms with Crippen molar-refractivity contribution >= 4 is 11.3 Å². The summed E-state index contributed by atoms with van der Waals surface area (Å²) in [4.78, 5) is 3.95. The highest BCUT2D eigenvalue weighted by atomic mass is 32.1. The Bertz CT molecular complexity index is 314. The zero-order chi connectivity index (χ0) is 14.1. The van der Waals surface area contributed by atoms with E-state index in [0.29, 0.717) is 12.1 Å². The molecule has 1 N–H and O–H groups in total. The van der Waals surface area contributed by atoms with Crippen molar-refractivity contribution in [3.05, 3.63) is 22.4 Å². The van der Waals surface area contributed by atoms with Crippen molar-refractivity contribution in [1.82, 2.24) is 10.2 Å². The van der Waals surface area contributed by atoms with Gasteiger partial charge in [-0.2, -0.15) is 0 Å². The quantitative estimate of drug-likeness (QED) is 0.669. The van der Waals surface area contributed by atoms with Crippen LogP contribution in [0.15, 0.2) is 17.5 Å². The van der Waals surface area contributed by atoms with Gasteiger partial charge in [0.1, 0.15) is 0 Å². The van der Waals surface area contributed by atoms with Gasteiger partial charge in [-0.1, -0.05) is 13.0 Å². The number of hydrogen-bond donors (Lipinski definition) is 1. The summed E-state index contributed by atoms with van der Waals surface area (Å²) in [7, 11) is 1.79. The van der Waals surface area contributed by atoms with Gasteiger partial charge in [-0.05, 0) is 38.3 Å². The Kier molecular flexibility index (Phi) is 8.30. The summed E-state index contributed by atoms with van der Waals surface area (Å²) in [5.41, 5.74) is 0. The number of rotatable bonds is 10. The van der Waals surface area contributed by atoms with Gasteiger partial charge < -0.3 is 10.1 Å². The highest BCUT2D eigenvalue weighted by Crippen LogP contribution is 2.16. The average molecular weight is 284 g/mol. The Morgan fingerprint density at radius 2 is 2.21 bits per heavy atom. The van der Waals surface area contributed by atoms with Gasteiger partial charge >= 0.3 is 0 Å². The standard InChI is InChI=1S/C15H28N2OS/c1-5-8-16-10-14(12-18-4)17(13(2)3)11-15-7-6-9-19-15/h6-7,9,13-14,16H,5,8,10-12H2,1-4H3. The van der Waals surface area contributed by atoms with Crippen molar-refractivity contribution in [2.75, 3.05) is 26.8 Å². The summed E-state index contributed by atoms with van der Waals surface area (Å²) in [6, 6.07) is 5.28. The molecule has 19 heavy (non-hydrogen) atoms. The highest BCUT2D eigenvalue weighted by molar-refractivity contribution is 7.09. The maximum absolute atomic E-state index is 5.41. The first kappa shape index (κ1) is 16.6. The van der Waals surface area contributed by atoms with Crippen molar-refractivity contribution in [2.24, 2.45) is 0 Å². The molecule has 0 aliphatic heterocycles. The van der Waals surface area contributed by atoms with Crippen LogP contribution >= 0.6 is 11.3 Å². The second-order valence-corrected chi connectivity index (χ2v) is 6.19. The minimum atomic E-state index is 0.429. The number of nitrogens with one attached hydrogen (secondary N) is 1. The van der Waals surface area contributed by atoms with Crippen molar-refractivity contribution in [3.63, 3.8) is 0 Å². The average Bonchev–Trinajstić information content (AvgIpc) is 2.88. The molecule has 3 nitrogen and oxygen atoms in total. The molecule has 0 bridgehead atoms. The highest BCUT2D eigenvalue weighted by Gasteiger charge is 2.21. The Labute approximate surface area is 122 Å². The number of nitrogens with zero attached hydrogens (tertiary/aromatic N) is 1. The molecule has 0 aromatic carbocycles. The van der Waals surface area contributed by atoms with E-state index in [1.807, 2.05) is 11.3 Å². The lowest BCUT2D eigenvalue weighted by Gasteiger charge is -2.34. The van der Waals surface area contributed by atoms with Crippen molar-refractivity contribution in [2.45, 2.75) is 45.8 Å². The fraction of sp³-hybridized carbons (Fsp3) is 0.733. The van der Waals surface area contributed by atoms with E-state index in [1.54, 1.807) is 7.11 Å². The molecule has 0 radical (unpaired) electrons. The second kappa shape index (κ2) is 9.48. The van der Waals surface area contributed by atoms with Crippen LogP contribution in [-0.2, 0) is 11.3 Å². The van der Waals surface area contributed by atoms with Crippen LogP contribution in [0.25, 0.3) is 0 Å². The fourth-order valence-corrected chi connectivity index (χ4v) is 2.94.